The predicted octanol–water partition coefficient (Wildman–Crippen LogP) is 3.38. The molecule has 1 heterocycles. The van der Waals surface area contributed by atoms with Gasteiger partial charge in [-0.15, -0.1) is 0 Å². The summed E-state index contributed by atoms with van der Waals surface area (Å²) in [7, 11) is 0. The second kappa shape index (κ2) is 8.13. The molecule has 3 nitrogen and oxygen atoms in total. The fourth-order valence-corrected chi connectivity index (χ4v) is 2.26. The van der Waals surface area contributed by atoms with Gasteiger partial charge in [0.05, 0.1) is 6.10 Å². The van der Waals surface area contributed by atoms with Gasteiger partial charge in [-0.2, -0.15) is 0 Å². The van der Waals surface area contributed by atoms with E-state index in [1.807, 2.05) is 48.7 Å². The van der Waals surface area contributed by atoms with Gasteiger partial charge in [-0.25, -0.2) is 4.98 Å². The quantitative estimate of drug-likeness (QED) is 0.771. The molecule has 0 spiro atoms. The smallest absolute Gasteiger partial charge is 0.129 e. The summed E-state index contributed by atoms with van der Waals surface area (Å²) in [5.74, 6) is 0. The zero-order valence-corrected chi connectivity index (χ0v) is 12.9. The second-order valence-corrected chi connectivity index (χ2v) is 5.65. The number of aromatic nitrogens is 1. The maximum absolute atomic E-state index is 10.1. The van der Waals surface area contributed by atoms with Crippen LogP contribution >= 0.6 is 11.6 Å². The van der Waals surface area contributed by atoms with Crippen LogP contribution < -0.4 is 5.32 Å². The van der Waals surface area contributed by atoms with Crippen molar-refractivity contribution in [2.75, 3.05) is 6.54 Å². The number of benzene rings is 1. The van der Waals surface area contributed by atoms with Crippen LogP contribution in [0, 0.1) is 0 Å². The van der Waals surface area contributed by atoms with Crippen molar-refractivity contribution in [2.45, 2.75) is 31.9 Å². The first-order valence-corrected chi connectivity index (χ1v) is 7.60. The number of aliphatic hydroxyl groups excluding tert-OH is 1. The van der Waals surface area contributed by atoms with Gasteiger partial charge in [0.15, 0.2) is 0 Å². The van der Waals surface area contributed by atoms with Gasteiger partial charge in [0.25, 0.3) is 0 Å². The molecule has 2 N–H and O–H groups in total. The molecule has 0 radical (unpaired) electrons. The minimum Gasteiger partial charge on any atom is -0.387 e. The van der Waals surface area contributed by atoms with E-state index in [4.69, 9.17) is 11.6 Å². The van der Waals surface area contributed by atoms with Crippen LogP contribution in [0.3, 0.4) is 0 Å². The molecule has 0 aliphatic heterocycles. The van der Waals surface area contributed by atoms with Gasteiger partial charge >= 0.3 is 0 Å². The van der Waals surface area contributed by atoms with Gasteiger partial charge in [-0.05, 0) is 37.0 Å². The molecule has 0 bridgehead atoms. The van der Waals surface area contributed by atoms with E-state index in [9.17, 15) is 5.11 Å². The Balaban J connectivity index is 1.72. The first-order chi connectivity index (χ1) is 10.1. The topological polar surface area (TPSA) is 45.2 Å². The summed E-state index contributed by atoms with van der Waals surface area (Å²) >= 11 is 5.77. The van der Waals surface area contributed by atoms with Crippen molar-refractivity contribution in [1.82, 2.24) is 10.3 Å². The molecule has 1 unspecified atom stereocenters. The van der Waals surface area contributed by atoms with Crippen LogP contribution in [0.15, 0.2) is 48.7 Å². The third-order valence-corrected chi connectivity index (χ3v) is 3.72. The molecule has 0 aliphatic carbocycles. The van der Waals surface area contributed by atoms with Crippen molar-refractivity contribution < 1.29 is 5.11 Å². The van der Waals surface area contributed by atoms with Crippen LogP contribution in [0.5, 0.6) is 0 Å². The monoisotopic (exact) mass is 304 g/mol. The van der Waals surface area contributed by atoms with Crippen LogP contribution in [-0.2, 0) is 6.42 Å². The Hall–Kier alpha value is -1.42. The SMILES string of the molecule is CC(CCc1ccc(Cl)nc1)NC[C@H](O)c1ccccc1. The molecule has 21 heavy (non-hydrogen) atoms. The number of pyridine rings is 1. The van der Waals surface area contributed by atoms with E-state index in [0.29, 0.717) is 17.7 Å². The van der Waals surface area contributed by atoms with Crippen molar-refractivity contribution >= 4 is 11.6 Å². The highest BCUT2D eigenvalue weighted by Crippen LogP contribution is 2.12. The molecule has 2 atom stereocenters. The fraction of sp³-hybridized carbons (Fsp3) is 0.353. The standard InChI is InChI=1S/C17H21ClN2O/c1-13(7-8-14-9-10-17(18)20-11-14)19-12-16(21)15-5-3-2-4-6-15/h2-6,9-11,13,16,19,21H,7-8,12H2,1H3/t13?,16-/m0/s1. The Morgan fingerprint density at radius 2 is 1.95 bits per heavy atom. The number of aryl methyl sites for hydroxylation is 1. The van der Waals surface area contributed by atoms with Crippen molar-refractivity contribution in [3.8, 4) is 0 Å². The first-order valence-electron chi connectivity index (χ1n) is 7.22. The minimum atomic E-state index is -0.467. The number of nitrogens with zero attached hydrogens (tertiary/aromatic N) is 1. The third-order valence-electron chi connectivity index (χ3n) is 3.50. The number of aliphatic hydroxyl groups is 1. The largest absolute Gasteiger partial charge is 0.387 e. The van der Waals surface area contributed by atoms with Crippen LogP contribution in [0.2, 0.25) is 5.15 Å². The normalized spacial score (nSPS) is 13.9. The summed E-state index contributed by atoms with van der Waals surface area (Å²) in [6.45, 7) is 2.69. The highest BCUT2D eigenvalue weighted by Gasteiger charge is 2.09. The molecule has 1 aromatic carbocycles. The molecule has 4 heteroatoms. The first kappa shape index (κ1) is 16.0. The molecule has 0 amide bonds. The molecule has 2 rings (SSSR count). The lowest BCUT2D eigenvalue weighted by atomic mass is 10.1. The van der Waals surface area contributed by atoms with E-state index >= 15 is 0 Å². The highest BCUT2D eigenvalue weighted by molar-refractivity contribution is 6.29. The number of nitrogens with one attached hydrogen (secondary N) is 1. The van der Waals surface area contributed by atoms with E-state index in [-0.39, 0.29) is 0 Å². The van der Waals surface area contributed by atoms with Gasteiger partial charge in [-0.3, -0.25) is 0 Å². The molecule has 0 saturated carbocycles. The van der Waals surface area contributed by atoms with Gasteiger partial charge in [0, 0.05) is 18.8 Å². The van der Waals surface area contributed by atoms with Crippen LogP contribution in [0.4, 0.5) is 0 Å². The number of hydrogen-bond acceptors (Lipinski definition) is 3. The number of halogens is 1. The zero-order chi connectivity index (χ0) is 15.1. The lowest BCUT2D eigenvalue weighted by molar-refractivity contribution is 0.170. The lowest BCUT2D eigenvalue weighted by Crippen LogP contribution is -2.30. The molecule has 1 aromatic heterocycles. The van der Waals surface area contributed by atoms with Crippen molar-refractivity contribution in [1.29, 1.82) is 0 Å². The van der Waals surface area contributed by atoms with Gasteiger partial charge in [0.2, 0.25) is 0 Å². The van der Waals surface area contributed by atoms with E-state index in [0.717, 1.165) is 18.4 Å². The Morgan fingerprint density at radius 1 is 1.19 bits per heavy atom. The Kier molecular flexibility index (Phi) is 6.18. The predicted molar refractivity (Wildman–Crippen MR) is 86.4 cm³/mol. The van der Waals surface area contributed by atoms with Gasteiger partial charge in [0.1, 0.15) is 5.15 Å². The van der Waals surface area contributed by atoms with Crippen LogP contribution in [0.1, 0.15) is 30.6 Å². The second-order valence-electron chi connectivity index (χ2n) is 5.26. The average Bonchev–Trinajstić information content (AvgIpc) is 2.53. The molecular weight excluding hydrogens is 284 g/mol. The highest BCUT2D eigenvalue weighted by atomic mass is 35.5. The molecule has 0 saturated heterocycles. The van der Waals surface area contributed by atoms with Gasteiger partial charge in [-0.1, -0.05) is 48.0 Å². The molecule has 112 valence electrons. The number of rotatable bonds is 7. The molecule has 2 aromatic rings. The summed E-state index contributed by atoms with van der Waals surface area (Å²) in [6, 6.07) is 13.9. The molecule has 0 aliphatic rings. The average molecular weight is 305 g/mol. The number of hydrogen-bond donors (Lipinski definition) is 2. The Morgan fingerprint density at radius 3 is 2.62 bits per heavy atom. The lowest BCUT2D eigenvalue weighted by Gasteiger charge is -2.17. The van der Waals surface area contributed by atoms with Crippen molar-refractivity contribution in [2.24, 2.45) is 0 Å². The summed E-state index contributed by atoms with van der Waals surface area (Å²) < 4.78 is 0. The zero-order valence-electron chi connectivity index (χ0n) is 12.2. The van der Waals surface area contributed by atoms with Crippen LogP contribution in [0.25, 0.3) is 0 Å². The van der Waals surface area contributed by atoms with Crippen molar-refractivity contribution in [3.63, 3.8) is 0 Å². The molecular formula is C17H21ClN2O. The van der Waals surface area contributed by atoms with Crippen LogP contribution in [-0.4, -0.2) is 22.7 Å². The van der Waals surface area contributed by atoms with Gasteiger partial charge < -0.3 is 10.4 Å². The van der Waals surface area contributed by atoms with E-state index < -0.39 is 6.10 Å². The minimum absolute atomic E-state index is 0.332. The Bertz CT molecular complexity index is 530. The third kappa shape index (κ3) is 5.46. The van der Waals surface area contributed by atoms with E-state index in [1.54, 1.807) is 0 Å². The Labute approximate surface area is 131 Å². The maximum atomic E-state index is 10.1. The van der Waals surface area contributed by atoms with E-state index in [1.165, 1.54) is 5.56 Å². The summed E-state index contributed by atoms with van der Waals surface area (Å²) in [5, 5.41) is 14.0. The van der Waals surface area contributed by atoms with E-state index in [2.05, 4.69) is 17.2 Å². The molecule has 0 fully saturated rings. The maximum Gasteiger partial charge on any atom is 0.129 e. The van der Waals surface area contributed by atoms with Crippen molar-refractivity contribution in [3.05, 3.63) is 64.9 Å². The summed E-state index contributed by atoms with van der Waals surface area (Å²) in [5.41, 5.74) is 2.12. The summed E-state index contributed by atoms with van der Waals surface area (Å²) in [6.07, 6.45) is 3.28. The summed E-state index contributed by atoms with van der Waals surface area (Å²) in [4.78, 5) is 4.08. The fourth-order valence-electron chi connectivity index (χ4n) is 2.15.